The van der Waals surface area contributed by atoms with E-state index in [1.807, 2.05) is 0 Å². The normalized spacial score (nSPS) is 11.9. The Morgan fingerprint density at radius 1 is 0.380 bits per heavy atom. The molecule has 0 heterocycles. The zero-order valence-corrected chi connectivity index (χ0v) is 31.2. The fraction of sp³-hybridized carbons (Fsp3) is 0.250. The fourth-order valence-electron chi connectivity index (χ4n) is 7.57. The number of nitrogens with zero attached hydrogens (tertiary/aromatic N) is 2. The van der Waals surface area contributed by atoms with E-state index in [2.05, 4.69) is 199 Å². The second-order valence-corrected chi connectivity index (χ2v) is 14.5. The van der Waals surface area contributed by atoms with Crippen molar-refractivity contribution in [2.24, 2.45) is 5.92 Å². The molecule has 0 spiro atoms. The Hall–Kier alpha value is -5.08. The Bertz CT molecular complexity index is 1840. The second-order valence-electron chi connectivity index (χ2n) is 14.5. The van der Waals surface area contributed by atoms with Crippen molar-refractivity contribution in [3.05, 3.63) is 178 Å². The van der Waals surface area contributed by atoms with E-state index in [1.54, 1.807) is 0 Å². The van der Waals surface area contributed by atoms with Crippen LogP contribution in [0.25, 0.3) is 0 Å². The van der Waals surface area contributed by atoms with Gasteiger partial charge in [0.05, 0.1) is 0 Å². The van der Waals surface area contributed by atoms with Crippen LogP contribution in [0, 0.1) is 47.5 Å². The van der Waals surface area contributed by atoms with E-state index in [1.165, 1.54) is 85.1 Å². The molecule has 0 fully saturated rings. The van der Waals surface area contributed by atoms with Crippen LogP contribution in [0.2, 0.25) is 0 Å². The maximum atomic E-state index is 2.41. The summed E-state index contributed by atoms with van der Waals surface area (Å²) in [6.07, 6.45) is 2.33. The van der Waals surface area contributed by atoms with Gasteiger partial charge in [0.15, 0.2) is 0 Å². The highest BCUT2D eigenvalue weighted by molar-refractivity contribution is 5.79. The molecule has 50 heavy (non-hydrogen) atoms. The van der Waals surface area contributed by atoms with Gasteiger partial charge in [-0.1, -0.05) is 98.5 Å². The highest BCUT2D eigenvalue weighted by atomic mass is 15.1. The molecule has 6 aromatic carbocycles. The first-order chi connectivity index (χ1) is 24.1. The summed E-state index contributed by atoms with van der Waals surface area (Å²) < 4.78 is 0. The average molecular weight is 657 g/mol. The number of anilines is 6. The molecule has 0 aromatic heterocycles. The molecule has 0 saturated heterocycles. The van der Waals surface area contributed by atoms with Crippen LogP contribution < -0.4 is 9.80 Å². The third-order valence-electron chi connectivity index (χ3n) is 9.85. The molecular formula is C48H52N2. The summed E-state index contributed by atoms with van der Waals surface area (Å²) in [4.78, 5) is 4.77. The lowest BCUT2D eigenvalue weighted by atomic mass is 9.79. The van der Waals surface area contributed by atoms with E-state index in [9.17, 15) is 0 Å². The highest BCUT2D eigenvalue weighted by Crippen LogP contribution is 2.41. The van der Waals surface area contributed by atoms with Crippen molar-refractivity contribution in [3.63, 3.8) is 0 Å². The minimum absolute atomic E-state index is 0.293. The van der Waals surface area contributed by atoms with Crippen LogP contribution in [0.1, 0.15) is 77.1 Å². The van der Waals surface area contributed by atoms with Gasteiger partial charge in [-0.25, -0.2) is 0 Å². The summed E-state index contributed by atoms with van der Waals surface area (Å²) >= 11 is 0. The van der Waals surface area contributed by atoms with Crippen LogP contribution in [0.3, 0.4) is 0 Å². The van der Waals surface area contributed by atoms with Gasteiger partial charge in [-0.2, -0.15) is 0 Å². The van der Waals surface area contributed by atoms with Gasteiger partial charge in [-0.05, 0) is 154 Å². The van der Waals surface area contributed by atoms with Crippen molar-refractivity contribution in [2.45, 2.75) is 74.1 Å². The number of hydrogen-bond donors (Lipinski definition) is 0. The van der Waals surface area contributed by atoms with E-state index < -0.39 is 0 Å². The van der Waals surface area contributed by atoms with Crippen LogP contribution in [0.5, 0.6) is 0 Å². The topological polar surface area (TPSA) is 6.48 Å². The third-order valence-corrected chi connectivity index (χ3v) is 9.85. The number of hydrogen-bond acceptors (Lipinski definition) is 2. The fourth-order valence-corrected chi connectivity index (χ4v) is 7.57. The monoisotopic (exact) mass is 656 g/mol. The zero-order valence-electron chi connectivity index (χ0n) is 31.2. The van der Waals surface area contributed by atoms with Gasteiger partial charge in [0.2, 0.25) is 0 Å². The molecule has 1 atom stereocenters. The molecule has 0 aliphatic carbocycles. The highest BCUT2D eigenvalue weighted by Gasteiger charge is 2.23. The molecule has 0 aliphatic heterocycles. The van der Waals surface area contributed by atoms with Crippen LogP contribution in [0.15, 0.2) is 133 Å². The first-order valence-electron chi connectivity index (χ1n) is 18.2. The molecule has 6 aromatic rings. The number of benzene rings is 6. The van der Waals surface area contributed by atoms with E-state index >= 15 is 0 Å². The molecule has 2 heteroatoms. The molecule has 1 unspecified atom stereocenters. The summed E-state index contributed by atoms with van der Waals surface area (Å²) in [7, 11) is 0. The van der Waals surface area contributed by atoms with Crippen molar-refractivity contribution in [2.75, 3.05) is 9.80 Å². The average Bonchev–Trinajstić information content (AvgIpc) is 3.08. The summed E-state index contributed by atoms with van der Waals surface area (Å²) in [5.74, 6) is 0.790. The summed E-state index contributed by atoms with van der Waals surface area (Å²) in [6, 6.07) is 50.0. The number of rotatable bonds is 11. The van der Waals surface area contributed by atoms with Gasteiger partial charge in [0, 0.05) is 40.0 Å². The minimum atomic E-state index is 0.293. The molecule has 254 valence electrons. The third kappa shape index (κ3) is 7.87. The molecule has 6 rings (SSSR count). The molecule has 0 bridgehead atoms. The molecule has 0 aliphatic rings. The van der Waals surface area contributed by atoms with Crippen LogP contribution >= 0.6 is 0 Å². The predicted octanol–water partition coefficient (Wildman–Crippen LogP) is 14.0. The molecule has 0 N–H and O–H groups in total. The van der Waals surface area contributed by atoms with Gasteiger partial charge in [-0.15, -0.1) is 0 Å². The second kappa shape index (κ2) is 15.2. The van der Waals surface area contributed by atoms with E-state index in [0.29, 0.717) is 11.8 Å². The molecule has 0 radical (unpaired) electrons. The zero-order chi connectivity index (χ0) is 35.4. The van der Waals surface area contributed by atoms with Crippen molar-refractivity contribution in [1.29, 1.82) is 0 Å². The molecule has 0 saturated carbocycles. The van der Waals surface area contributed by atoms with Crippen molar-refractivity contribution in [1.82, 2.24) is 0 Å². The lowest BCUT2D eigenvalue weighted by Gasteiger charge is -2.29. The molecular weight excluding hydrogens is 605 g/mol. The van der Waals surface area contributed by atoms with Gasteiger partial charge < -0.3 is 9.80 Å². The van der Waals surface area contributed by atoms with Crippen molar-refractivity contribution < 1.29 is 0 Å². The smallest absolute Gasteiger partial charge is 0.0466 e. The first-order valence-corrected chi connectivity index (χ1v) is 18.2. The SMILES string of the molecule is CCCC(C)C(c1ccc(N(c2ccc(C)cc2)c2cc(C)cc(C)c2)cc1)c1ccc(N(c2ccc(C)cc2)c2cc(C)cc(C)c2)cc1. The maximum absolute atomic E-state index is 2.41. The summed E-state index contributed by atoms with van der Waals surface area (Å²) in [5.41, 5.74) is 17.4. The maximum Gasteiger partial charge on any atom is 0.0466 e. The van der Waals surface area contributed by atoms with E-state index in [4.69, 9.17) is 0 Å². The lowest BCUT2D eigenvalue weighted by molar-refractivity contribution is 0.468. The standard InChI is InChI=1S/C48H52N2/c1-9-10-39(8)48(40-15-23-44(24-16-40)49(42-19-11-33(2)12-20-42)46-29-35(4)27-36(5)30-46)41-17-25-45(26-18-41)50(43-21-13-34(3)14-22-43)47-31-37(6)28-38(7)32-47/h11-32,39,48H,9-10H2,1-8H3. The lowest BCUT2D eigenvalue weighted by Crippen LogP contribution is -2.14. The largest absolute Gasteiger partial charge is 0.310 e. The Kier molecular flexibility index (Phi) is 10.6. The van der Waals surface area contributed by atoms with Crippen molar-refractivity contribution >= 4 is 34.1 Å². The summed E-state index contributed by atoms with van der Waals surface area (Å²) in [6.45, 7) is 17.7. The Labute approximate surface area is 301 Å². The number of aryl methyl sites for hydroxylation is 6. The minimum Gasteiger partial charge on any atom is -0.310 e. The van der Waals surface area contributed by atoms with Gasteiger partial charge in [-0.3, -0.25) is 0 Å². The summed E-state index contributed by atoms with van der Waals surface area (Å²) in [5, 5.41) is 0. The first kappa shape index (κ1) is 34.8. The van der Waals surface area contributed by atoms with Gasteiger partial charge in [0.1, 0.15) is 0 Å². The molecule has 0 amide bonds. The van der Waals surface area contributed by atoms with Crippen LogP contribution in [-0.4, -0.2) is 0 Å². The van der Waals surface area contributed by atoms with Gasteiger partial charge >= 0.3 is 0 Å². The van der Waals surface area contributed by atoms with Crippen LogP contribution in [-0.2, 0) is 0 Å². The quantitative estimate of drug-likeness (QED) is 0.137. The van der Waals surface area contributed by atoms with Crippen molar-refractivity contribution in [3.8, 4) is 0 Å². The Balaban J connectivity index is 1.38. The molecule has 2 nitrogen and oxygen atoms in total. The van der Waals surface area contributed by atoms with Crippen LogP contribution in [0.4, 0.5) is 34.1 Å². The van der Waals surface area contributed by atoms with E-state index in [-0.39, 0.29) is 0 Å². The Morgan fingerprint density at radius 2 is 0.680 bits per heavy atom. The van der Waals surface area contributed by atoms with E-state index in [0.717, 1.165) is 6.42 Å². The van der Waals surface area contributed by atoms with Gasteiger partial charge in [0.25, 0.3) is 0 Å². The Morgan fingerprint density at radius 3 is 0.980 bits per heavy atom. The predicted molar refractivity (Wildman–Crippen MR) is 217 cm³/mol.